The van der Waals surface area contributed by atoms with Crippen molar-refractivity contribution in [1.29, 1.82) is 0 Å². The molecule has 0 spiro atoms. The summed E-state index contributed by atoms with van der Waals surface area (Å²) in [4.78, 5) is 0. The Morgan fingerprint density at radius 1 is 1.23 bits per heavy atom. The lowest BCUT2D eigenvalue weighted by Gasteiger charge is -2.23. The quantitative estimate of drug-likeness (QED) is 0.691. The van der Waals surface area contributed by atoms with Crippen LogP contribution >= 0.6 is 11.6 Å². The van der Waals surface area contributed by atoms with E-state index < -0.39 is 5.79 Å². The van der Waals surface area contributed by atoms with E-state index in [1.54, 1.807) is 0 Å². The smallest absolute Gasteiger partial charge is 0.193 e. The van der Waals surface area contributed by atoms with Crippen LogP contribution < -0.4 is 0 Å². The third-order valence-electron chi connectivity index (χ3n) is 2.20. The lowest BCUT2D eigenvalue weighted by molar-refractivity contribution is -0.149. The maximum Gasteiger partial charge on any atom is 0.193 e. The van der Waals surface area contributed by atoms with Gasteiger partial charge in [0.2, 0.25) is 0 Å². The van der Waals surface area contributed by atoms with Crippen molar-refractivity contribution in [3.05, 3.63) is 34.9 Å². The van der Waals surface area contributed by atoms with Crippen molar-refractivity contribution in [2.24, 2.45) is 0 Å². The normalized spacial score (nSPS) is 20.5. The number of hydrogen-bond acceptors (Lipinski definition) is 2. The van der Waals surface area contributed by atoms with Crippen molar-refractivity contribution in [2.75, 3.05) is 13.2 Å². The predicted octanol–water partition coefficient (Wildman–Crippen LogP) is 2.56. The molecule has 0 unspecified atom stereocenters. The van der Waals surface area contributed by atoms with Gasteiger partial charge in [-0.15, -0.1) is 0 Å². The van der Waals surface area contributed by atoms with Crippen LogP contribution in [0.2, 0.25) is 5.02 Å². The van der Waals surface area contributed by atoms with Gasteiger partial charge in [0, 0.05) is 10.6 Å². The summed E-state index contributed by atoms with van der Waals surface area (Å²) in [6, 6.07) is 7.59. The van der Waals surface area contributed by atoms with Crippen molar-refractivity contribution >= 4 is 11.6 Å². The molecule has 0 radical (unpaired) electrons. The fraction of sp³-hybridized carbons (Fsp3) is 0.400. The SMILES string of the molecule is CC1(c2ccccc2Cl)OCCO1. The first-order chi connectivity index (χ1) is 6.22. The summed E-state index contributed by atoms with van der Waals surface area (Å²) in [6.07, 6.45) is 0. The van der Waals surface area contributed by atoms with Gasteiger partial charge >= 0.3 is 0 Å². The average molecular weight is 199 g/mol. The largest absolute Gasteiger partial charge is 0.344 e. The minimum Gasteiger partial charge on any atom is -0.344 e. The van der Waals surface area contributed by atoms with E-state index >= 15 is 0 Å². The molecule has 3 heteroatoms. The zero-order valence-corrected chi connectivity index (χ0v) is 8.17. The first kappa shape index (κ1) is 9.00. The number of hydrogen-bond donors (Lipinski definition) is 0. The summed E-state index contributed by atoms with van der Waals surface area (Å²) in [5, 5.41) is 0.687. The van der Waals surface area contributed by atoms with Crippen molar-refractivity contribution in [2.45, 2.75) is 12.7 Å². The molecule has 0 aliphatic carbocycles. The fourth-order valence-corrected chi connectivity index (χ4v) is 1.81. The van der Waals surface area contributed by atoms with Gasteiger partial charge in [-0.05, 0) is 13.0 Å². The van der Waals surface area contributed by atoms with Gasteiger partial charge in [0.1, 0.15) is 0 Å². The number of benzene rings is 1. The monoisotopic (exact) mass is 198 g/mol. The van der Waals surface area contributed by atoms with E-state index in [-0.39, 0.29) is 0 Å². The Morgan fingerprint density at radius 3 is 2.46 bits per heavy atom. The average Bonchev–Trinajstić information content (AvgIpc) is 2.54. The molecule has 1 heterocycles. The number of rotatable bonds is 1. The molecule has 70 valence electrons. The van der Waals surface area contributed by atoms with Crippen LogP contribution in [0.25, 0.3) is 0 Å². The molecule has 0 saturated carbocycles. The molecular weight excluding hydrogens is 188 g/mol. The Labute approximate surface area is 82.4 Å². The van der Waals surface area contributed by atoms with Crippen LogP contribution in [0, 0.1) is 0 Å². The molecule has 13 heavy (non-hydrogen) atoms. The van der Waals surface area contributed by atoms with Crippen molar-refractivity contribution in [1.82, 2.24) is 0 Å². The van der Waals surface area contributed by atoms with Gasteiger partial charge in [0.25, 0.3) is 0 Å². The molecule has 1 aromatic rings. The third-order valence-corrected chi connectivity index (χ3v) is 2.53. The molecular formula is C10H11ClO2. The molecule has 1 aliphatic heterocycles. The minimum absolute atomic E-state index is 0.627. The predicted molar refractivity (Wildman–Crippen MR) is 50.7 cm³/mol. The molecule has 1 aromatic carbocycles. The number of halogens is 1. The molecule has 1 aliphatic rings. The maximum atomic E-state index is 6.03. The van der Waals surface area contributed by atoms with E-state index in [1.807, 2.05) is 31.2 Å². The summed E-state index contributed by atoms with van der Waals surface area (Å²) >= 11 is 6.03. The second-order valence-electron chi connectivity index (χ2n) is 3.12. The lowest BCUT2D eigenvalue weighted by atomic mass is 10.1. The summed E-state index contributed by atoms with van der Waals surface area (Å²) in [6.45, 7) is 3.14. The van der Waals surface area contributed by atoms with Crippen LogP contribution in [0.4, 0.5) is 0 Å². The highest BCUT2D eigenvalue weighted by Crippen LogP contribution is 2.34. The van der Waals surface area contributed by atoms with Gasteiger partial charge in [-0.2, -0.15) is 0 Å². The summed E-state index contributed by atoms with van der Waals surface area (Å²) in [5.41, 5.74) is 0.897. The Bertz CT molecular complexity index is 306. The van der Waals surface area contributed by atoms with Crippen molar-refractivity contribution in [3.63, 3.8) is 0 Å². The molecule has 1 fully saturated rings. The summed E-state index contributed by atoms with van der Waals surface area (Å²) in [7, 11) is 0. The van der Waals surface area contributed by atoms with Crippen LogP contribution in [0.1, 0.15) is 12.5 Å². The van der Waals surface area contributed by atoms with Gasteiger partial charge in [-0.25, -0.2) is 0 Å². The number of ether oxygens (including phenoxy) is 2. The van der Waals surface area contributed by atoms with E-state index in [9.17, 15) is 0 Å². The Morgan fingerprint density at radius 2 is 1.85 bits per heavy atom. The van der Waals surface area contributed by atoms with Crippen LogP contribution in [-0.2, 0) is 15.3 Å². The highest BCUT2D eigenvalue weighted by atomic mass is 35.5. The van der Waals surface area contributed by atoms with E-state index in [0.29, 0.717) is 18.2 Å². The van der Waals surface area contributed by atoms with E-state index in [2.05, 4.69) is 0 Å². The molecule has 2 nitrogen and oxygen atoms in total. The van der Waals surface area contributed by atoms with Crippen LogP contribution in [0.15, 0.2) is 24.3 Å². The molecule has 2 rings (SSSR count). The van der Waals surface area contributed by atoms with Gasteiger partial charge in [-0.1, -0.05) is 29.8 Å². The van der Waals surface area contributed by atoms with Crippen LogP contribution in [0.5, 0.6) is 0 Å². The van der Waals surface area contributed by atoms with E-state index in [1.165, 1.54) is 0 Å². The van der Waals surface area contributed by atoms with E-state index in [0.717, 1.165) is 5.56 Å². The second-order valence-corrected chi connectivity index (χ2v) is 3.53. The molecule has 0 N–H and O–H groups in total. The first-order valence-corrected chi connectivity index (χ1v) is 4.63. The lowest BCUT2D eigenvalue weighted by Crippen LogP contribution is -2.22. The van der Waals surface area contributed by atoms with E-state index in [4.69, 9.17) is 21.1 Å². The Kier molecular flexibility index (Phi) is 2.28. The third kappa shape index (κ3) is 1.57. The first-order valence-electron chi connectivity index (χ1n) is 4.25. The zero-order chi connectivity index (χ0) is 9.31. The Hall–Kier alpha value is -0.570. The summed E-state index contributed by atoms with van der Waals surface area (Å²) in [5.74, 6) is -0.654. The molecule has 0 aromatic heterocycles. The van der Waals surface area contributed by atoms with Crippen LogP contribution in [-0.4, -0.2) is 13.2 Å². The Balaban J connectivity index is 2.39. The molecule has 0 atom stereocenters. The molecule has 0 amide bonds. The van der Waals surface area contributed by atoms with Gasteiger partial charge in [0.05, 0.1) is 13.2 Å². The zero-order valence-electron chi connectivity index (χ0n) is 7.42. The minimum atomic E-state index is -0.654. The van der Waals surface area contributed by atoms with Gasteiger partial charge < -0.3 is 9.47 Å². The maximum absolute atomic E-state index is 6.03. The van der Waals surface area contributed by atoms with Crippen molar-refractivity contribution < 1.29 is 9.47 Å². The fourth-order valence-electron chi connectivity index (χ4n) is 1.50. The second kappa shape index (κ2) is 3.29. The van der Waals surface area contributed by atoms with Crippen molar-refractivity contribution in [3.8, 4) is 0 Å². The molecule has 0 bridgehead atoms. The molecule has 1 saturated heterocycles. The van der Waals surface area contributed by atoms with Gasteiger partial charge in [0.15, 0.2) is 5.79 Å². The topological polar surface area (TPSA) is 18.5 Å². The highest BCUT2D eigenvalue weighted by Gasteiger charge is 2.34. The van der Waals surface area contributed by atoms with Gasteiger partial charge in [-0.3, -0.25) is 0 Å². The van der Waals surface area contributed by atoms with Crippen LogP contribution in [0.3, 0.4) is 0 Å². The highest BCUT2D eigenvalue weighted by molar-refractivity contribution is 6.31. The standard InChI is InChI=1S/C10H11ClO2/c1-10(12-6-7-13-10)8-4-2-3-5-9(8)11/h2-5H,6-7H2,1H3. The summed E-state index contributed by atoms with van der Waals surface area (Å²) < 4.78 is 11.0.